The number of hydrogen-bond acceptors (Lipinski definition) is 2. The SMILES string of the molecule is CCCCCCC(N)(CCCCCC)Sc1ccccc1. The number of thioether (sulfide) groups is 1. The first kappa shape index (κ1) is 18.6. The topological polar surface area (TPSA) is 26.0 Å². The number of unbranched alkanes of at least 4 members (excludes halogenated alkanes) is 6. The van der Waals surface area contributed by atoms with Gasteiger partial charge in [-0.15, -0.1) is 11.8 Å². The maximum atomic E-state index is 6.76. The van der Waals surface area contributed by atoms with E-state index in [9.17, 15) is 0 Å². The summed E-state index contributed by atoms with van der Waals surface area (Å²) in [5, 5.41) is 0. The summed E-state index contributed by atoms with van der Waals surface area (Å²) in [5.41, 5.74) is 6.76. The molecule has 0 saturated heterocycles. The molecule has 2 heteroatoms. The van der Waals surface area contributed by atoms with Crippen LogP contribution in [0.15, 0.2) is 35.2 Å². The Labute approximate surface area is 136 Å². The smallest absolute Gasteiger partial charge is 0.0666 e. The Balaban J connectivity index is 2.50. The van der Waals surface area contributed by atoms with E-state index >= 15 is 0 Å². The summed E-state index contributed by atoms with van der Waals surface area (Å²) in [4.78, 5) is 1.23. The van der Waals surface area contributed by atoms with Crippen molar-refractivity contribution >= 4 is 11.8 Å². The molecule has 1 aromatic carbocycles. The van der Waals surface area contributed by atoms with E-state index < -0.39 is 0 Å². The van der Waals surface area contributed by atoms with Gasteiger partial charge in [0.05, 0.1) is 4.87 Å². The Bertz CT molecular complexity index is 338. The van der Waals surface area contributed by atoms with E-state index in [0.29, 0.717) is 0 Å². The molecule has 1 aromatic rings. The monoisotopic (exact) mass is 307 g/mol. The normalized spacial score (nSPS) is 11.8. The van der Waals surface area contributed by atoms with Crippen molar-refractivity contribution in [1.82, 2.24) is 0 Å². The Hall–Kier alpha value is -0.470. The van der Waals surface area contributed by atoms with Gasteiger partial charge in [-0.2, -0.15) is 0 Å². The summed E-state index contributed by atoms with van der Waals surface area (Å²) < 4.78 is 0. The van der Waals surface area contributed by atoms with Gasteiger partial charge < -0.3 is 5.73 Å². The molecule has 0 aliphatic rings. The van der Waals surface area contributed by atoms with Crippen LogP contribution in [0.1, 0.15) is 78.1 Å². The highest BCUT2D eigenvalue weighted by Gasteiger charge is 2.25. The summed E-state index contributed by atoms with van der Waals surface area (Å²) in [6.07, 6.45) is 12.7. The fourth-order valence-electron chi connectivity index (χ4n) is 2.65. The molecule has 0 aliphatic heterocycles. The zero-order chi connectivity index (χ0) is 15.4. The van der Waals surface area contributed by atoms with Crippen LogP contribution in [0.5, 0.6) is 0 Å². The van der Waals surface area contributed by atoms with E-state index in [4.69, 9.17) is 5.73 Å². The summed E-state index contributed by atoms with van der Waals surface area (Å²) in [6, 6.07) is 10.7. The molecule has 0 unspecified atom stereocenters. The fourth-order valence-corrected chi connectivity index (χ4v) is 3.91. The summed E-state index contributed by atoms with van der Waals surface area (Å²) in [6.45, 7) is 4.53. The van der Waals surface area contributed by atoms with E-state index in [1.807, 2.05) is 11.8 Å². The van der Waals surface area contributed by atoms with Crippen LogP contribution in [0.3, 0.4) is 0 Å². The second-order valence-corrected chi connectivity index (χ2v) is 7.59. The van der Waals surface area contributed by atoms with E-state index in [-0.39, 0.29) is 4.87 Å². The molecular formula is C19H33NS. The quantitative estimate of drug-likeness (QED) is 0.275. The lowest BCUT2D eigenvalue weighted by molar-refractivity contribution is 0.458. The van der Waals surface area contributed by atoms with Crippen LogP contribution in [0.2, 0.25) is 0 Å². The average Bonchev–Trinajstić information content (AvgIpc) is 2.49. The van der Waals surface area contributed by atoms with Crippen LogP contribution in [-0.2, 0) is 0 Å². The van der Waals surface area contributed by atoms with Gasteiger partial charge >= 0.3 is 0 Å². The van der Waals surface area contributed by atoms with Gasteiger partial charge in [0.1, 0.15) is 0 Å². The maximum Gasteiger partial charge on any atom is 0.0666 e. The Morgan fingerprint density at radius 3 is 1.81 bits per heavy atom. The summed E-state index contributed by atoms with van der Waals surface area (Å²) in [5.74, 6) is 0. The van der Waals surface area contributed by atoms with Gasteiger partial charge in [0.15, 0.2) is 0 Å². The van der Waals surface area contributed by atoms with E-state index in [1.54, 1.807) is 0 Å². The summed E-state index contributed by atoms with van der Waals surface area (Å²) in [7, 11) is 0. The lowest BCUT2D eigenvalue weighted by Crippen LogP contribution is -2.35. The second kappa shape index (κ2) is 11.1. The van der Waals surface area contributed by atoms with Crippen LogP contribution in [0.25, 0.3) is 0 Å². The first-order chi connectivity index (χ1) is 10.2. The van der Waals surface area contributed by atoms with Crippen LogP contribution in [0, 0.1) is 0 Å². The Morgan fingerprint density at radius 2 is 1.33 bits per heavy atom. The molecule has 120 valence electrons. The first-order valence-corrected chi connectivity index (χ1v) is 9.55. The van der Waals surface area contributed by atoms with E-state index in [0.717, 1.165) is 12.8 Å². The standard InChI is InChI=1S/C19H33NS/c1-3-5-7-12-16-19(20,17-13-8-6-4-2)21-18-14-10-9-11-15-18/h9-11,14-15H,3-8,12-13,16-17,20H2,1-2H3. The second-order valence-electron chi connectivity index (χ2n) is 6.10. The lowest BCUT2D eigenvalue weighted by Gasteiger charge is -2.29. The molecule has 0 atom stereocenters. The predicted molar refractivity (Wildman–Crippen MR) is 96.7 cm³/mol. The number of hydrogen-bond donors (Lipinski definition) is 1. The molecule has 0 radical (unpaired) electrons. The highest BCUT2D eigenvalue weighted by molar-refractivity contribution is 8.00. The van der Waals surface area contributed by atoms with Crippen molar-refractivity contribution in [2.45, 2.75) is 87.8 Å². The highest BCUT2D eigenvalue weighted by Crippen LogP contribution is 2.36. The Morgan fingerprint density at radius 1 is 0.810 bits per heavy atom. The van der Waals surface area contributed by atoms with Gasteiger partial charge in [-0.05, 0) is 25.0 Å². The minimum absolute atomic E-state index is 0.0805. The molecule has 0 heterocycles. The largest absolute Gasteiger partial charge is 0.317 e. The zero-order valence-electron chi connectivity index (χ0n) is 13.9. The van der Waals surface area contributed by atoms with Crippen LogP contribution in [-0.4, -0.2) is 4.87 Å². The predicted octanol–water partition coefficient (Wildman–Crippen LogP) is 6.37. The van der Waals surface area contributed by atoms with Crippen molar-refractivity contribution in [3.8, 4) is 0 Å². The molecule has 1 rings (SSSR count). The molecule has 0 spiro atoms. The molecule has 0 bridgehead atoms. The Kier molecular flexibility index (Phi) is 9.86. The number of nitrogens with two attached hydrogens (primary N) is 1. The molecule has 0 saturated carbocycles. The van der Waals surface area contributed by atoms with Crippen molar-refractivity contribution < 1.29 is 0 Å². The number of benzene rings is 1. The van der Waals surface area contributed by atoms with Crippen LogP contribution in [0.4, 0.5) is 0 Å². The highest BCUT2D eigenvalue weighted by atomic mass is 32.2. The van der Waals surface area contributed by atoms with Crippen molar-refractivity contribution in [3.05, 3.63) is 30.3 Å². The molecule has 0 amide bonds. The first-order valence-electron chi connectivity index (χ1n) is 8.73. The van der Waals surface area contributed by atoms with Crippen LogP contribution < -0.4 is 5.73 Å². The van der Waals surface area contributed by atoms with E-state index in [1.165, 1.54) is 56.3 Å². The van der Waals surface area contributed by atoms with Crippen LogP contribution >= 0.6 is 11.8 Å². The van der Waals surface area contributed by atoms with Gasteiger partial charge in [0.2, 0.25) is 0 Å². The third-order valence-electron chi connectivity index (χ3n) is 3.97. The third-order valence-corrected chi connectivity index (χ3v) is 5.29. The van der Waals surface area contributed by atoms with Gasteiger partial charge in [-0.1, -0.05) is 83.4 Å². The molecule has 21 heavy (non-hydrogen) atoms. The lowest BCUT2D eigenvalue weighted by atomic mass is 10.0. The van der Waals surface area contributed by atoms with Crippen molar-refractivity contribution in [2.24, 2.45) is 5.73 Å². The van der Waals surface area contributed by atoms with Gasteiger partial charge in [-0.3, -0.25) is 0 Å². The molecule has 0 aromatic heterocycles. The summed E-state index contributed by atoms with van der Waals surface area (Å²) >= 11 is 1.88. The van der Waals surface area contributed by atoms with Crippen molar-refractivity contribution in [2.75, 3.05) is 0 Å². The molecule has 0 fully saturated rings. The average molecular weight is 308 g/mol. The number of rotatable bonds is 12. The van der Waals surface area contributed by atoms with E-state index in [2.05, 4.69) is 44.2 Å². The maximum absolute atomic E-state index is 6.76. The third kappa shape index (κ3) is 8.53. The molecule has 2 N–H and O–H groups in total. The van der Waals surface area contributed by atoms with Gasteiger partial charge in [0, 0.05) is 4.90 Å². The fraction of sp³-hybridized carbons (Fsp3) is 0.684. The molecule has 0 aliphatic carbocycles. The van der Waals surface area contributed by atoms with Gasteiger partial charge in [-0.25, -0.2) is 0 Å². The minimum atomic E-state index is -0.0805. The molecular weight excluding hydrogens is 274 g/mol. The minimum Gasteiger partial charge on any atom is -0.317 e. The van der Waals surface area contributed by atoms with Crippen molar-refractivity contribution in [3.63, 3.8) is 0 Å². The van der Waals surface area contributed by atoms with Crippen molar-refractivity contribution in [1.29, 1.82) is 0 Å². The van der Waals surface area contributed by atoms with Gasteiger partial charge in [0.25, 0.3) is 0 Å². The molecule has 1 nitrogen and oxygen atoms in total. The zero-order valence-corrected chi connectivity index (χ0v) is 14.8.